The summed E-state index contributed by atoms with van der Waals surface area (Å²) >= 11 is 0. The van der Waals surface area contributed by atoms with Gasteiger partial charge in [-0.3, -0.25) is 0 Å². The maximum Gasteiger partial charge on any atom is 0.137 e. The lowest BCUT2D eigenvalue weighted by molar-refractivity contribution is -0.0709. The van der Waals surface area contributed by atoms with Gasteiger partial charge < -0.3 is 9.52 Å². The van der Waals surface area contributed by atoms with Crippen LogP contribution in [-0.2, 0) is 5.60 Å². The van der Waals surface area contributed by atoms with E-state index in [1.165, 1.54) is 6.42 Å². The lowest BCUT2D eigenvalue weighted by Gasteiger charge is -2.38. The first-order valence-corrected chi connectivity index (χ1v) is 7.37. The number of fused-ring (bicyclic) bond motifs is 1. The minimum absolute atomic E-state index is 0.321. The van der Waals surface area contributed by atoms with E-state index in [2.05, 4.69) is 26.0 Å². The Bertz CT molecular complexity index is 584. The predicted molar refractivity (Wildman–Crippen MR) is 77.1 cm³/mol. The van der Waals surface area contributed by atoms with Gasteiger partial charge in [0.15, 0.2) is 0 Å². The van der Waals surface area contributed by atoms with Crippen LogP contribution >= 0.6 is 0 Å². The third-order valence-electron chi connectivity index (χ3n) is 4.70. The molecule has 2 atom stereocenters. The van der Waals surface area contributed by atoms with Crippen LogP contribution in [0, 0.1) is 12.8 Å². The molecule has 1 saturated carbocycles. The summed E-state index contributed by atoms with van der Waals surface area (Å²) < 4.78 is 6.02. The molecule has 2 aromatic rings. The summed E-state index contributed by atoms with van der Waals surface area (Å²) in [4.78, 5) is 0. The van der Waals surface area contributed by atoms with Crippen LogP contribution in [0.1, 0.15) is 50.4 Å². The van der Waals surface area contributed by atoms with Crippen molar-refractivity contribution in [1.82, 2.24) is 0 Å². The van der Waals surface area contributed by atoms with Crippen LogP contribution < -0.4 is 0 Å². The Hall–Kier alpha value is -1.28. The lowest BCUT2D eigenvalue weighted by Crippen LogP contribution is -2.37. The van der Waals surface area contributed by atoms with Crippen molar-refractivity contribution in [3.05, 3.63) is 35.6 Å². The Morgan fingerprint density at radius 3 is 2.95 bits per heavy atom. The summed E-state index contributed by atoms with van der Waals surface area (Å²) in [7, 11) is 0. The minimum Gasteiger partial charge on any atom is -0.458 e. The van der Waals surface area contributed by atoms with Gasteiger partial charge in [0.2, 0.25) is 0 Å². The highest BCUT2D eigenvalue weighted by molar-refractivity contribution is 5.81. The number of aryl methyl sites for hydroxylation is 1. The largest absolute Gasteiger partial charge is 0.458 e. The van der Waals surface area contributed by atoms with E-state index in [1.54, 1.807) is 0 Å². The summed E-state index contributed by atoms with van der Waals surface area (Å²) in [5.74, 6) is 1.09. The molecule has 0 amide bonds. The molecular formula is C17H22O2. The topological polar surface area (TPSA) is 33.4 Å². The monoisotopic (exact) mass is 258 g/mol. The fourth-order valence-electron chi connectivity index (χ4n) is 3.52. The van der Waals surface area contributed by atoms with Gasteiger partial charge in [-0.2, -0.15) is 0 Å². The van der Waals surface area contributed by atoms with Crippen LogP contribution in [0.4, 0.5) is 0 Å². The quantitative estimate of drug-likeness (QED) is 0.858. The molecule has 1 fully saturated rings. The van der Waals surface area contributed by atoms with Gasteiger partial charge in [0.25, 0.3) is 0 Å². The third-order valence-corrected chi connectivity index (χ3v) is 4.70. The Kier molecular flexibility index (Phi) is 3.14. The van der Waals surface area contributed by atoms with Gasteiger partial charge >= 0.3 is 0 Å². The van der Waals surface area contributed by atoms with Crippen LogP contribution in [0.15, 0.2) is 28.7 Å². The summed E-state index contributed by atoms with van der Waals surface area (Å²) in [6.45, 7) is 4.21. The van der Waals surface area contributed by atoms with Gasteiger partial charge in [-0.25, -0.2) is 0 Å². The van der Waals surface area contributed by atoms with Crippen molar-refractivity contribution < 1.29 is 9.52 Å². The molecule has 2 nitrogen and oxygen atoms in total. The van der Waals surface area contributed by atoms with E-state index < -0.39 is 5.60 Å². The molecule has 3 rings (SSSR count). The molecule has 1 aliphatic carbocycles. The summed E-state index contributed by atoms with van der Waals surface area (Å²) in [6, 6.07) is 8.19. The van der Waals surface area contributed by atoms with Crippen molar-refractivity contribution in [3.63, 3.8) is 0 Å². The molecule has 1 N–H and O–H groups in total. The Morgan fingerprint density at radius 1 is 1.37 bits per heavy atom. The van der Waals surface area contributed by atoms with Gasteiger partial charge in [0, 0.05) is 5.39 Å². The molecule has 1 aromatic heterocycles. The molecule has 102 valence electrons. The zero-order valence-electron chi connectivity index (χ0n) is 11.8. The number of hydrogen-bond donors (Lipinski definition) is 1. The molecule has 0 radical (unpaired) electrons. The van der Waals surface area contributed by atoms with Gasteiger partial charge in [0.05, 0.1) is 0 Å². The van der Waals surface area contributed by atoms with Gasteiger partial charge in [-0.15, -0.1) is 0 Å². The molecule has 0 bridgehead atoms. The van der Waals surface area contributed by atoms with E-state index in [-0.39, 0.29) is 0 Å². The maximum absolute atomic E-state index is 11.1. The van der Waals surface area contributed by atoms with Crippen molar-refractivity contribution in [2.75, 3.05) is 0 Å². The van der Waals surface area contributed by atoms with E-state index in [4.69, 9.17) is 4.42 Å². The second-order valence-corrected chi connectivity index (χ2v) is 5.88. The average Bonchev–Trinajstić information content (AvgIpc) is 2.85. The molecular weight excluding hydrogens is 236 g/mol. The van der Waals surface area contributed by atoms with Crippen LogP contribution in [0.5, 0.6) is 0 Å². The number of hydrogen-bond acceptors (Lipinski definition) is 2. The second kappa shape index (κ2) is 4.68. The highest BCUT2D eigenvalue weighted by Gasteiger charge is 2.42. The van der Waals surface area contributed by atoms with Crippen molar-refractivity contribution in [1.29, 1.82) is 0 Å². The first-order chi connectivity index (χ1) is 9.15. The van der Waals surface area contributed by atoms with Crippen LogP contribution in [-0.4, -0.2) is 5.11 Å². The smallest absolute Gasteiger partial charge is 0.137 e. The number of furan rings is 1. The fraction of sp³-hybridized carbons (Fsp3) is 0.529. The molecule has 2 heteroatoms. The van der Waals surface area contributed by atoms with Crippen molar-refractivity contribution >= 4 is 11.0 Å². The Morgan fingerprint density at radius 2 is 2.21 bits per heavy atom. The molecule has 1 aromatic carbocycles. The number of para-hydroxylation sites is 1. The summed E-state index contributed by atoms with van der Waals surface area (Å²) in [5.41, 5.74) is 1.29. The molecule has 0 aliphatic heterocycles. The molecule has 0 saturated heterocycles. The molecule has 19 heavy (non-hydrogen) atoms. The fourth-order valence-corrected chi connectivity index (χ4v) is 3.52. The first kappa shape index (κ1) is 12.7. The number of rotatable bonds is 2. The predicted octanol–water partition coefficient (Wildman–Crippen LogP) is 4.53. The van der Waals surface area contributed by atoms with E-state index in [0.717, 1.165) is 48.0 Å². The van der Waals surface area contributed by atoms with Gasteiger partial charge in [-0.1, -0.05) is 44.4 Å². The second-order valence-electron chi connectivity index (χ2n) is 5.88. The van der Waals surface area contributed by atoms with E-state index in [0.29, 0.717) is 5.92 Å². The third kappa shape index (κ3) is 1.99. The van der Waals surface area contributed by atoms with Crippen LogP contribution in [0.25, 0.3) is 11.0 Å². The maximum atomic E-state index is 11.1. The number of benzene rings is 1. The van der Waals surface area contributed by atoms with Crippen LogP contribution in [0.3, 0.4) is 0 Å². The summed E-state index contributed by atoms with van der Waals surface area (Å²) in [6.07, 6.45) is 5.24. The highest BCUT2D eigenvalue weighted by Crippen LogP contribution is 2.45. The minimum atomic E-state index is -0.765. The van der Waals surface area contributed by atoms with E-state index in [1.807, 2.05) is 12.1 Å². The highest BCUT2D eigenvalue weighted by atomic mass is 16.4. The first-order valence-electron chi connectivity index (χ1n) is 7.37. The average molecular weight is 258 g/mol. The molecule has 1 aliphatic rings. The molecule has 1 heterocycles. The summed E-state index contributed by atoms with van der Waals surface area (Å²) in [5, 5.41) is 12.2. The Balaban J connectivity index is 2.09. The van der Waals surface area contributed by atoms with Crippen molar-refractivity contribution in [2.24, 2.45) is 5.92 Å². The molecule has 2 unspecified atom stereocenters. The van der Waals surface area contributed by atoms with E-state index >= 15 is 0 Å². The van der Waals surface area contributed by atoms with Crippen molar-refractivity contribution in [2.45, 2.75) is 51.6 Å². The van der Waals surface area contributed by atoms with E-state index in [9.17, 15) is 5.11 Å². The van der Waals surface area contributed by atoms with Gasteiger partial charge in [0.1, 0.15) is 16.9 Å². The zero-order chi connectivity index (χ0) is 13.5. The Labute approximate surface area is 114 Å². The van der Waals surface area contributed by atoms with Gasteiger partial charge in [-0.05, 0) is 37.3 Å². The number of aliphatic hydroxyl groups is 1. The standard InChI is InChI=1S/C17H22O2/c1-3-14-9-4-5-10-17(14,18)15-11-13-8-6-7-12(2)16(13)19-15/h6-8,11,14,18H,3-5,9-10H2,1-2H3. The SMILES string of the molecule is CCC1CCCCC1(O)c1cc2cccc(C)c2o1. The zero-order valence-corrected chi connectivity index (χ0v) is 11.8. The normalized spacial score (nSPS) is 27.8. The molecule has 0 spiro atoms. The van der Waals surface area contributed by atoms with Crippen molar-refractivity contribution in [3.8, 4) is 0 Å². The lowest BCUT2D eigenvalue weighted by atomic mass is 9.73. The van der Waals surface area contributed by atoms with Crippen LogP contribution in [0.2, 0.25) is 0 Å².